The monoisotopic (exact) mass is 214 g/mol. The second-order valence-corrected chi connectivity index (χ2v) is 3.12. The smallest absolute Gasteiger partial charge is 0.271 e. The first kappa shape index (κ1) is 10.2. The zero-order valence-electron chi connectivity index (χ0n) is 8.46. The van der Waals surface area contributed by atoms with Gasteiger partial charge in [-0.1, -0.05) is 18.2 Å². The Bertz CT molecular complexity index is 475. The van der Waals surface area contributed by atoms with Crippen molar-refractivity contribution < 1.29 is 9.21 Å². The van der Waals surface area contributed by atoms with Gasteiger partial charge < -0.3 is 4.42 Å². The van der Waals surface area contributed by atoms with E-state index < -0.39 is 0 Å². The minimum absolute atomic E-state index is 0.236. The summed E-state index contributed by atoms with van der Waals surface area (Å²) in [6, 6.07) is 10.7. The number of rotatable bonds is 3. The van der Waals surface area contributed by atoms with Gasteiger partial charge in [-0.2, -0.15) is 5.10 Å². The topological polar surface area (TPSA) is 54.6 Å². The maximum absolute atomic E-state index is 11.5. The number of nitrogens with zero attached hydrogens (tertiary/aromatic N) is 1. The molecular formula is C12H10N2O2. The number of amides is 1. The van der Waals surface area contributed by atoms with Gasteiger partial charge in [0, 0.05) is 11.1 Å². The zero-order chi connectivity index (χ0) is 11.2. The molecule has 0 fully saturated rings. The van der Waals surface area contributed by atoms with Gasteiger partial charge in [0.2, 0.25) is 0 Å². The molecule has 0 bridgehead atoms. The fourth-order valence-electron chi connectivity index (χ4n) is 1.17. The molecule has 2 aromatic rings. The van der Waals surface area contributed by atoms with Gasteiger partial charge in [-0.3, -0.25) is 4.79 Å². The highest BCUT2D eigenvalue weighted by atomic mass is 16.3. The molecule has 0 radical (unpaired) electrons. The summed E-state index contributed by atoms with van der Waals surface area (Å²) < 4.78 is 4.85. The molecule has 0 saturated heterocycles. The van der Waals surface area contributed by atoms with Crippen molar-refractivity contribution in [2.75, 3.05) is 0 Å². The van der Waals surface area contributed by atoms with E-state index in [2.05, 4.69) is 10.5 Å². The molecule has 1 amide bonds. The van der Waals surface area contributed by atoms with Crippen LogP contribution in [-0.4, -0.2) is 12.1 Å². The second kappa shape index (κ2) is 4.93. The number of benzene rings is 1. The Labute approximate surface area is 92.6 Å². The van der Waals surface area contributed by atoms with Crippen molar-refractivity contribution in [3.05, 3.63) is 60.1 Å². The number of furan rings is 1. The van der Waals surface area contributed by atoms with Crippen LogP contribution in [0.2, 0.25) is 0 Å². The molecule has 1 aromatic carbocycles. The predicted molar refractivity (Wildman–Crippen MR) is 60.2 cm³/mol. The first-order chi connectivity index (χ1) is 7.86. The molecule has 1 aromatic heterocycles. The number of hydrogen-bond acceptors (Lipinski definition) is 3. The van der Waals surface area contributed by atoms with Crippen molar-refractivity contribution in [3.8, 4) is 0 Å². The van der Waals surface area contributed by atoms with Gasteiger partial charge in [0.15, 0.2) is 0 Å². The van der Waals surface area contributed by atoms with Crippen LogP contribution in [0.5, 0.6) is 0 Å². The largest absolute Gasteiger partial charge is 0.472 e. The maximum Gasteiger partial charge on any atom is 0.271 e. The molecule has 0 aliphatic heterocycles. The van der Waals surface area contributed by atoms with Crippen LogP contribution in [0.1, 0.15) is 15.9 Å². The lowest BCUT2D eigenvalue weighted by Gasteiger charge is -1.97. The van der Waals surface area contributed by atoms with Gasteiger partial charge >= 0.3 is 0 Å². The van der Waals surface area contributed by atoms with Crippen molar-refractivity contribution in [1.82, 2.24) is 5.43 Å². The van der Waals surface area contributed by atoms with E-state index in [4.69, 9.17) is 4.42 Å². The average Bonchev–Trinajstić information content (AvgIpc) is 2.83. The van der Waals surface area contributed by atoms with Crippen molar-refractivity contribution in [2.24, 2.45) is 5.10 Å². The lowest BCUT2D eigenvalue weighted by Crippen LogP contribution is -2.17. The number of carbonyl (C=O) groups is 1. The lowest BCUT2D eigenvalue weighted by molar-refractivity contribution is 0.0955. The number of nitrogens with one attached hydrogen (secondary N) is 1. The average molecular weight is 214 g/mol. The summed E-state index contributed by atoms with van der Waals surface area (Å²) >= 11 is 0. The number of carbonyl (C=O) groups excluding carboxylic acids is 1. The van der Waals surface area contributed by atoms with Crippen LogP contribution >= 0.6 is 0 Å². The van der Waals surface area contributed by atoms with Gasteiger partial charge in [-0.05, 0) is 18.2 Å². The normalized spacial score (nSPS) is 10.5. The van der Waals surface area contributed by atoms with E-state index in [1.54, 1.807) is 36.6 Å². The molecule has 2 rings (SSSR count). The molecule has 1 heterocycles. The van der Waals surface area contributed by atoms with E-state index in [1.165, 1.54) is 12.5 Å². The Morgan fingerprint density at radius 1 is 1.25 bits per heavy atom. The second-order valence-electron chi connectivity index (χ2n) is 3.12. The summed E-state index contributed by atoms with van der Waals surface area (Å²) in [6.45, 7) is 0. The van der Waals surface area contributed by atoms with Crippen LogP contribution in [0.4, 0.5) is 0 Å². The van der Waals surface area contributed by atoms with E-state index in [0.29, 0.717) is 5.56 Å². The van der Waals surface area contributed by atoms with Gasteiger partial charge in [-0.15, -0.1) is 0 Å². The standard InChI is InChI=1S/C12H10N2O2/c15-12(11-4-2-1-3-5-11)14-13-8-10-6-7-16-9-10/h1-9H,(H,14,15)/b13-8+. The summed E-state index contributed by atoms with van der Waals surface area (Å²) in [5.74, 6) is -0.236. The highest BCUT2D eigenvalue weighted by molar-refractivity contribution is 5.94. The van der Waals surface area contributed by atoms with Crippen LogP contribution in [0, 0.1) is 0 Å². The molecule has 4 nitrogen and oxygen atoms in total. The fraction of sp³-hybridized carbons (Fsp3) is 0. The van der Waals surface area contributed by atoms with Crippen molar-refractivity contribution in [3.63, 3.8) is 0 Å². The highest BCUT2D eigenvalue weighted by Crippen LogP contribution is 1.98. The lowest BCUT2D eigenvalue weighted by atomic mass is 10.2. The third-order valence-corrected chi connectivity index (χ3v) is 1.96. The summed E-state index contributed by atoms with van der Waals surface area (Å²) in [5.41, 5.74) is 3.80. The summed E-state index contributed by atoms with van der Waals surface area (Å²) in [5, 5.41) is 3.81. The van der Waals surface area contributed by atoms with Gasteiger partial charge in [-0.25, -0.2) is 5.43 Å². The molecule has 0 saturated carbocycles. The third kappa shape index (κ3) is 2.57. The summed E-state index contributed by atoms with van der Waals surface area (Å²) in [6.07, 6.45) is 4.60. The molecule has 4 heteroatoms. The fourth-order valence-corrected chi connectivity index (χ4v) is 1.17. The molecule has 80 valence electrons. The third-order valence-electron chi connectivity index (χ3n) is 1.96. The highest BCUT2D eigenvalue weighted by Gasteiger charge is 2.01. The Hall–Kier alpha value is -2.36. The van der Waals surface area contributed by atoms with Crippen LogP contribution in [0.15, 0.2) is 58.4 Å². The van der Waals surface area contributed by atoms with Crippen LogP contribution in [-0.2, 0) is 0 Å². The van der Waals surface area contributed by atoms with Crippen LogP contribution in [0.25, 0.3) is 0 Å². The van der Waals surface area contributed by atoms with E-state index in [9.17, 15) is 4.79 Å². The minimum atomic E-state index is -0.236. The molecular weight excluding hydrogens is 204 g/mol. The van der Waals surface area contributed by atoms with Crippen molar-refractivity contribution >= 4 is 12.1 Å². The molecule has 0 spiro atoms. The Morgan fingerprint density at radius 3 is 2.75 bits per heavy atom. The Morgan fingerprint density at radius 2 is 2.06 bits per heavy atom. The molecule has 16 heavy (non-hydrogen) atoms. The summed E-state index contributed by atoms with van der Waals surface area (Å²) in [4.78, 5) is 11.5. The first-order valence-corrected chi connectivity index (χ1v) is 4.77. The number of hydrazone groups is 1. The summed E-state index contributed by atoms with van der Waals surface area (Å²) in [7, 11) is 0. The van der Waals surface area contributed by atoms with Gasteiger partial charge in [0.1, 0.15) is 0 Å². The quantitative estimate of drug-likeness (QED) is 0.628. The minimum Gasteiger partial charge on any atom is -0.472 e. The molecule has 0 unspecified atom stereocenters. The molecule has 1 N–H and O–H groups in total. The van der Waals surface area contributed by atoms with Crippen molar-refractivity contribution in [1.29, 1.82) is 0 Å². The van der Waals surface area contributed by atoms with E-state index >= 15 is 0 Å². The Kier molecular flexibility index (Phi) is 3.13. The van der Waals surface area contributed by atoms with Crippen LogP contribution < -0.4 is 5.43 Å². The van der Waals surface area contributed by atoms with Gasteiger partial charge in [0.25, 0.3) is 5.91 Å². The van der Waals surface area contributed by atoms with E-state index in [0.717, 1.165) is 5.56 Å². The van der Waals surface area contributed by atoms with Crippen molar-refractivity contribution in [2.45, 2.75) is 0 Å². The van der Waals surface area contributed by atoms with E-state index in [-0.39, 0.29) is 5.91 Å². The van der Waals surface area contributed by atoms with E-state index in [1.807, 2.05) is 6.07 Å². The SMILES string of the molecule is O=C(N/N=C/c1ccoc1)c1ccccc1. The number of hydrogen-bond donors (Lipinski definition) is 1. The van der Waals surface area contributed by atoms with Crippen LogP contribution in [0.3, 0.4) is 0 Å². The Balaban J connectivity index is 1.94. The molecule has 0 aliphatic rings. The first-order valence-electron chi connectivity index (χ1n) is 4.77. The van der Waals surface area contributed by atoms with Gasteiger partial charge in [0.05, 0.1) is 18.7 Å². The molecule has 0 atom stereocenters. The maximum atomic E-state index is 11.5. The zero-order valence-corrected chi connectivity index (χ0v) is 8.46. The molecule has 0 aliphatic carbocycles. The predicted octanol–water partition coefficient (Wildman–Crippen LogP) is 2.04.